The van der Waals surface area contributed by atoms with Crippen molar-refractivity contribution in [3.63, 3.8) is 0 Å². The first-order valence-corrected chi connectivity index (χ1v) is 7.27. The molecule has 0 bridgehead atoms. The van der Waals surface area contributed by atoms with Crippen molar-refractivity contribution in [2.75, 3.05) is 6.54 Å². The molecular weight excluding hydrogens is 230 g/mol. The average Bonchev–Trinajstić information content (AvgIpc) is 2.71. The van der Waals surface area contributed by atoms with E-state index in [0.717, 1.165) is 29.8 Å². The molecule has 4 rings (SSSR count). The van der Waals surface area contributed by atoms with Gasteiger partial charge in [-0.3, -0.25) is 4.40 Å². The van der Waals surface area contributed by atoms with Crippen LogP contribution >= 0.6 is 11.3 Å². The Kier molecular flexibility index (Phi) is 1.97. The van der Waals surface area contributed by atoms with E-state index in [2.05, 4.69) is 22.2 Å². The number of nitrogens with two attached hydrogens (primary N) is 1. The Morgan fingerprint density at radius 3 is 3.00 bits per heavy atom. The molecule has 0 aromatic carbocycles. The van der Waals surface area contributed by atoms with E-state index >= 15 is 0 Å². The number of rotatable bonds is 3. The molecule has 0 amide bonds. The van der Waals surface area contributed by atoms with E-state index in [4.69, 9.17) is 10.7 Å². The molecule has 90 valence electrons. The van der Waals surface area contributed by atoms with E-state index in [0.29, 0.717) is 5.41 Å². The summed E-state index contributed by atoms with van der Waals surface area (Å²) in [6, 6.07) is 0. The van der Waals surface area contributed by atoms with Crippen LogP contribution in [0.5, 0.6) is 0 Å². The first-order chi connectivity index (χ1) is 8.28. The van der Waals surface area contributed by atoms with Crippen molar-refractivity contribution < 1.29 is 0 Å². The molecular formula is C13H17N3S. The molecule has 2 aliphatic rings. The smallest absolute Gasteiger partial charge is 0.193 e. The fourth-order valence-electron chi connectivity index (χ4n) is 3.63. The third kappa shape index (κ3) is 1.54. The van der Waals surface area contributed by atoms with Gasteiger partial charge in [-0.15, -0.1) is 11.3 Å². The lowest BCUT2D eigenvalue weighted by Crippen LogP contribution is -2.31. The van der Waals surface area contributed by atoms with Gasteiger partial charge in [-0.05, 0) is 49.5 Å². The van der Waals surface area contributed by atoms with Crippen LogP contribution in [0.15, 0.2) is 17.8 Å². The number of hydrogen-bond donors (Lipinski definition) is 1. The van der Waals surface area contributed by atoms with Crippen LogP contribution in [0, 0.1) is 17.3 Å². The molecule has 2 saturated carbocycles. The molecule has 2 N–H and O–H groups in total. The summed E-state index contributed by atoms with van der Waals surface area (Å²) in [5.74, 6) is 1.98. The van der Waals surface area contributed by atoms with E-state index in [-0.39, 0.29) is 0 Å². The molecule has 4 heteroatoms. The highest BCUT2D eigenvalue weighted by molar-refractivity contribution is 7.15. The molecule has 2 atom stereocenters. The highest BCUT2D eigenvalue weighted by Gasteiger charge is 2.53. The highest BCUT2D eigenvalue weighted by atomic mass is 32.1. The van der Waals surface area contributed by atoms with Crippen LogP contribution in [0.1, 0.15) is 25.0 Å². The van der Waals surface area contributed by atoms with Gasteiger partial charge < -0.3 is 5.73 Å². The highest BCUT2D eigenvalue weighted by Crippen LogP contribution is 2.60. The van der Waals surface area contributed by atoms with E-state index < -0.39 is 0 Å². The monoisotopic (exact) mass is 247 g/mol. The first-order valence-electron chi connectivity index (χ1n) is 6.39. The maximum atomic E-state index is 6.04. The summed E-state index contributed by atoms with van der Waals surface area (Å²) < 4.78 is 2.12. The lowest BCUT2D eigenvalue weighted by Gasteiger charge is -2.28. The van der Waals surface area contributed by atoms with Crippen molar-refractivity contribution in [1.82, 2.24) is 9.38 Å². The summed E-state index contributed by atoms with van der Waals surface area (Å²) in [5, 5.41) is 2.08. The van der Waals surface area contributed by atoms with Crippen LogP contribution in [-0.4, -0.2) is 15.9 Å². The largest absolute Gasteiger partial charge is 0.330 e. The number of hydrogen-bond acceptors (Lipinski definition) is 3. The Hall–Kier alpha value is -0.870. The van der Waals surface area contributed by atoms with E-state index in [9.17, 15) is 0 Å². The Morgan fingerprint density at radius 1 is 1.47 bits per heavy atom. The number of imidazole rings is 1. The van der Waals surface area contributed by atoms with Crippen molar-refractivity contribution in [1.29, 1.82) is 0 Å². The van der Waals surface area contributed by atoms with Gasteiger partial charge in [0.15, 0.2) is 4.96 Å². The standard InChI is InChI=1S/C13H17N3S/c14-8-13(4-9-3-10(9)5-13)6-11-7-16-1-2-17-12(16)15-11/h1-2,7,9-10H,3-6,8,14H2. The number of thiazole rings is 1. The lowest BCUT2D eigenvalue weighted by atomic mass is 9.79. The molecule has 2 aromatic heterocycles. The predicted molar refractivity (Wildman–Crippen MR) is 69.1 cm³/mol. The van der Waals surface area contributed by atoms with Crippen molar-refractivity contribution in [2.24, 2.45) is 23.0 Å². The fourth-order valence-corrected chi connectivity index (χ4v) is 4.35. The summed E-state index contributed by atoms with van der Waals surface area (Å²) in [6.45, 7) is 0.825. The number of fused-ring (bicyclic) bond motifs is 2. The minimum absolute atomic E-state index is 0.359. The third-order valence-electron chi connectivity index (χ3n) is 4.59. The van der Waals surface area contributed by atoms with Gasteiger partial charge in [-0.25, -0.2) is 4.98 Å². The zero-order chi connectivity index (χ0) is 11.5. The zero-order valence-corrected chi connectivity index (χ0v) is 10.6. The Balaban J connectivity index is 1.61. The molecule has 0 saturated heterocycles. The molecule has 2 fully saturated rings. The minimum atomic E-state index is 0.359. The quantitative estimate of drug-likeness (QED) is 0.904. The van der Waals surface area contributed by atoms with Gasteiger partial charge in [0.05, 0.1) is 5.69 Å². The number of aromatic nitrogens is 2. The number of nitrogens with zero attached hydrogens (tertiary/aromatic N) is 2. The Bertz CT molecular complexity index is 517. The van der Waals surface area contributed by atoms with Gasteiger partial charge in [0.1, 0.15) is 0 Å². The maximum Gasteiger partial charge on any atom is 0.193 e. The maximum absolute atomic E-state index is 6.04. The van der Waals surface area contributed by atoms with Gasteiger partial charge in [0.2, 0.25) is 0 Å². The van der Waals surface area contributed by atoms with Gasteiger partial charge in [0, 0.05) is 17.8 Å². The Labute approximate surface area is 105 Å². The van der Waals surface area contributed by atoms with Crippen LogP contribution in [-0.2, 0) is 6.42 Å². The Morgan fingerprint density at radius 2 is 2.29 bits per heavy atom. The summed E-state index contributed by atoms with van der Waals surface area (Å²) in [4.78, 5) is 5.80. The topological polar surface area (TPSA) is 43.3 Å². The minimum Gasteiger partial charge on any atom is -0.330 e. The van der Waals surface area contributed by atoms with E-state index in [1.165, 1.54) is 25.0 Å². The second-order valence-corrected chi connectivity index (χ2v) is 6.74. The SMILES string of the molecule is NCC1(Cc2cn3ccsc3n2)CC2CC2C1. The van der Waals surface area contributed by atoms with E-state index in [1.807, 2.05) is 0 Å². The molecule has 2 heterocycles. The van der Waals surface area contributed by atoms with E-state index in [1.54, 1.807) is 11.3 Å². The van der Waals surface area contributed by atoms with Crippen molar-refractivity contribution in [2.45, 2.75) is 25.7 Å². The second-order valence-electron chi connectivity index (χ2n) is 5.87. The van der Waals surface area contributed by atoms with Crippen molar-refractivity contribution >= 4 is 16.3 Å². The lowest BCUT2D eigenvalue weighted by molar-refractivity contribution is 0.271. The van der Waals surface area contributed by atoms with Crippen LogP contribution in [0.2, 0.25) is 0 Å². The van der Waals surface area contributed by atoms with Gasteiger partial charge in [-0.1, -0.05) is 0 Å². The fraction of sp³-hybridized carbons (Fsp3) is 0.615. The molecule has 3 nitrogen and oxygen atoms in total. The van der Waals surface area contributed by atoms with Crippen LogP contribution < -0.4 is 5.73 Å². The van der Waals surface area contributed by atoms with Gasteiger partial charge in [-0.2, -0.15) is 0 Å². The molecule has 2 unspecified atom stereocenters. The van der Waals surface area contributed by atoms with Crippen LogP contribution in [0.25, 0.3) is 4.96 Å². The molecule has 2 aromatic rings. The molecule has 2 aliphatic carbocycles. The molecule has 17 heavy (non-hydrogen) atoms. The third-order valence-corrected chi connectivity index (χ3v) is 5.36. The molecule has 0 radical (unpaired) electrons. The van der Waals surface area contributed by atoms with Gasteiger partial charge in [0.25, 0.3) is 0 Å². The second kappa shape index (κ2) is 3.33. The van der Waals surface area contributed by atoms with Crippen molar-refractivity contribution in [3.8, 4) is 0 Å². The summed E-state index contributed by atoms with van der Waals surface area (Å²) in [6.07, 6.45) is 9.45. The zero-order valence-electron chi connectivity index (χ0n) is 9.80. The average molecular weight is 247 g/mol. The van der Waals surface area contributed by atoms with Crippen molar-refractivity contribution in [3.05, 3.63) is 23.5 Å². The summed E-state index contributed by atoms with van der Waals surface area (Å²) in [5.41, 5.74) is 7.62. The molecule has 0 spiro atoms. The summed E-state index contributed by atoms with van der Waals surface area (Å²) in [7, 11) is 0. The first kappa shape index (κ1) is 10.1. The predicted octanol–water partition coefficient (Wildman–Crippen LogP) is 2.31. The van der Waals surface area contributed by atoms with Crippen LogP contribution in [0.4, 0.5) is 0 Å². The van der Waals surface area contributed by atoms with Gasteiger partial charge >= 0.3 is 0 Å². The normalized spacial score (nSPS) is 35.4. The summed E-state index contributed by atoms with van der Waals surface area (Å²) >= 11 is 1.70. The molecule has 0 aliphatic heterocycles. The van der Waals surface area contributed by atoms with Crippen LogP contribution in [0.3, 0.4) is 0 Å².